The molecule has 1 fully saturated rings. The van der Waals surface area contributed by atoms with Crippen LogP contribution in [0.1, 0.15) is 36.9 Å². The van der Waals surface area contributed by atoms with E-state index in [1.165, 1.54) is 18.1 Å². The number of hydrogen-bond acceptors (Lipinski definition) is 3. The standard InChI is InChI=1S/C15H23F3N4O2/c1-21(8-10-5-3-4-6-12(10)23)14(24)19-7-11-9-22(2)20-13(11)15(16,17)18/h9-10,12,23H,3-8H2,1-2H3,(H,19,24). The number of aromatic nitrogens is 2. The number of nitrogens with zero attached hydrogens (tertiary/aromatic N) is 3. The van der Waals surface area contributed by atoms with E-state index in [4.69, 9.17) is 0 Å². The summed E-state index contributed by atoms with van der Waals surface area (Å²) in [4.78, 5) is 13.5. The molecule has 0 saturated heterocycles. The van der Waals surface area contributed by atoms with E-state index in [2.05, 4.69) is 10.4 Å². The van der Waals surface area contributed by atoms with E-state index in [0.29, 0.717) is 6.54 Å². The zero-order valence-electron chi connectivity index (χ0n) is 13.8. The molecule has 1 aliphatic rings. The third kappa shape index (κ3) is 4.62. The molecular weight excluding hydrogens is 325 g/mol. The van der Waals surface area contributed by atoms with Gasteiger partial charge in [-0.2, -0.15) is 18.3 Å². The molecule has 0 aliphatic heterocycles. The summed E-state index contributed by atoms with van der Waals surface area (Å²) in [7, 11) is 2.97. The number of aliphatic hydroxyl groups excluding tert-OH is 1. The van der Waals surface area contributed by atoms with Crippen molar-refractivity contribution in [3.05, 3.63) is 17.5 Å². The highest BCUT2D eigenvalue weighted by Crippen LogP contribution is 2.30. The Morgan fingerprint density at radius 1 is 1.46 bits per heavy atom. The van der Waals surface area contributed by atoms with Crippen molar-refractivity contribution >= 4 is 6.03 Å². The third-order valence-electron chi connectivity index (χ3n) is 4.33. The lowest BCUT2D eigenvalue weighted by Crippen LogP contribution is -2.42. The van der Waals surface area contributed by atoms with Gasteiger partial charge in [-0.15, -0.1) is 0 Å². The highest BCUT2D eigenvalue weighted by atomic mass is 19.4. The number of alkyl halides is 3. The molecule has 0 spiro atoms. The molecule has 136 valence electrons. The van der Waals surface area contributed by atoms with E-state index >= 15 is 0 Å². The van der Waals surface area contributed by atoms with Gasteiger partial charge >= 0.3 is 12.2 Å². The molecule has 24 heavy (non-hydrogen) atoms. The van der Waals surface area contributed by atoms with E-state index < -0.39 is 24.0 Å². The summed E-state index contributed by atoms with van der Waals surface area (Å²) in [6, 6.07) is -0.468. The van der Waals surface area contributed by atoms with E-state index in [1.807, 2.05) is 0 Å². The van der Waals surface area contributed by atoms with E-state index in [9.17, 15) is 23.1 Å². The molecular formula is C15H23F3N4O2. The number of amides is 2. The number of carbonyl (C=O) groups excluding carboxylic acids is 1. The molecule has 9 heteroatoms. The van der Waals surface area contributed by atoms with Crippen LogP contribution in [-0.2, 0) is 19.8 Å². The predicted molar refractivity (Wildman–Crippen MR) is 81.0 cm³/mol. The molecule has 1 heterocycles. The Bertz CT molecular complexity index is 574. The molecule has 0 aromatic carbocycles. The van der Waals surface area contributed by atoms with Crippen molar-refractivity contribution in [1.82, 2.24) is 20.0 Å². The average molecular weight is 348 g/mol. The Hall–Kier alpha value is -1.77. The van der Waals surface area contributed by atoms with Crippen molar-refractivity contribution in [2.75, 3.05) is 13.6 Å². The lowest BCUT2D eigenvalue weighted by Gasteiger charge is -2.31. The highest BCUT2D eigenvalue weighted by molar-refractivity contribution is 5.73. The van der Waals surface area contributed by atoms with Crippen molar-refractivity contribution in [2.45, 2.75) is 44.5 Å². The summed E-state index contributed by atoms with van der Waals surface area (Å²) in [5, 5.41) is 15.8. The Labute approximate surface area is 138 Å². The second-order valence-corrected chi connectivity index (χ2v) is 6.33. The average Bonchev–Trinajstić information content (AvgIpc) is 2.88. The first kappa shape index (κ1) is 18.6. The summed E-state index contributed by atoms with van der Waals surface area (Å²) < 4.78 is 39.7. The number of nitrogens with one attached hydrogen (secondary N) is 1. The SMILES string of the molecule is CN(CC1CCCCC1O)C(=O)NCc1cn(C)nc1C(F)(F)F. The van der Waals surface area contributed by atoms with Crippen LogP contribution in [0.4, 0.5) is 18.0 Å². The van der Waals surface area contributed by atoms with Gasteiger partial charge in [0.15, 0.2) is 5.69 Å². The van der Waals surface area contributed by atoms with Gasteiger partial charge in [-0.3, -0.25) is 4.68 Å². The van der Waals surface area contributed by atoms with Gasteiger partial charge in [0, 0.05) is 44.9 Å². The lowest BCUT2D eigenvalue weighted by atomic mass is 9.86. The summed E-state index contributed by atoms with van der Waals surface area (Å²) >= 11 is 0. The molecule has 1 aliphatic carbocycles. The van der Waals surface area contributed by atoms with Gasteiger partial charge in [-0.1, -0.05) is 12.8 Å². The molecule has 2 rings (SSSR count). The first-order valence-electron chi connectivity index (χ1n) is 7.95. The van der Waals surface area contributed by atoms with Gasteiger partial charge in [-0.25, -0.2) is 4.79 Å². The van der Waals surface area contributed by atoms with Crippen molar-refractivity contribution in [3.8, 4) is 0 Å². The van der Waals surface area contributed by atoms with Crippen LogP contribution in [-0.4, -0.2) is 45.5 Å². The topological polar surface area (TPSA) is 70.4 Å². The first-order chi connectivity index (χ1) is 11.2. The van der Waals surface area contributed by atoms with Crippen LogP contribution >= 0.6 is 0 Å². The zero-order chi connectivity index (χ0) is 17.9. The summed E-state index contributed by atoms with van der Waals surface area (Å²) in [6.07, 6.45) is -0.168. The second-order valence-electron chi connectivity index (χ2n) is 6.33. The van der Waals surface area contributed by atoms with Crippen LogP contribution in [0.15, 0.2) is 6.20 Å². The molecule has 1 aromatic heterocycles. The van der Waals surface area contributed by atoms with Crippen molar-refractivity contribution in [1.29, 1.82) is 0 Å². The van der Waals surface area contributed by atoms with Gasteiger partial charge in [0.1, 0.15) is 0 Å². The van der Waals surface area contributed by atoms with Crippen LogP contribution in [0.25, 0.3) is 0 Å². The van der Waals surface area contributed by atoms with E-state index in [-0.39, 0.29) is 18.0 Å². The number of hydrogen-bond donors (Lipinski definition) is 2. The Morgan fingerprint density at radius 2 is 2.12 bits per heavy atom. The summed E-state index contributed by atoms with van der Waals surface area (Å²) in [5.74, 6) is 0.0126. The molecule has 2 unspecified atom stereocenters. The monoisotopic (exact) mass is 348 g/mol. The van der Waals surface area contributed by atoms with Crippen molar-refractivity contribution in [2.24, 2.45) is 13.0 Å². The fraction of sp³-hybridized carbons (Fsp3) is 0.733. The number of carbonyl (C=O) groups is 1. The number of halogens is 3. The van der Waals surface area contributed by atoms with Crippen LogP contribution in [0.3, 0.4) is 0 Å². The van der Waals surface area contributed by atoms with Gasteiger partial charge in [0.25, 0.3) is 0 Å². The van der Waals surface area contributed by atoms with Crippen molar-refractivity contribution in [3.63, 3.8) is 0 Å². The minimum atomic E-state index is -4.56. The Balaban J connectivity index is 1.91. The summed E-state index contributed by atoms with van der Waals surface area (Å²) in [6.45, 7) is 0.130. The normalized spacial score (nSPS) is 21.6. The minimum absolute atomic E-state index is 0.0126. The smallest absolute Gasteiger partial charge is 0.393 e. The fourth-order valence-corrected chi connectivity index (χ4v) is 3.05. The first-order valence-corrected chi connectivity index (χ1v) is 7.95. The summed E-state index contributed by atoms with van der Waals surface area (Å²) in [5.41, 5.74) is -1.07. The number of aliphatic hydroxyl groups is 1. The van der Waals surface area contributed by atoms with E-state index in [0.717, 1.165) is 30.4 Å². The van der Waals surface area contributed by atoms with Gasteiger partial charge in [0.2, 0.25) is 0 Å². The second kappa shape index (κ2) is 7.42. The quantitative estimate of drug-likeness (QED) is 0.876. The van der Waals surface area contributed by atoms with Crippen LogP contribution in [0.5, 0.6) is 0 Å². The number of rotatable bonds is 4. The zero-order valence-corrected chi connectivity index (χ0v) is 13.8. The third-order valence-corrected chi connectivity index (χ3v) is 4.33. The van der Waals surface area contributed by atoms with Crippen molar-refractivity contribution < 1.29 is 23.1 Å². The molecule has 1 aromatic rings. The Morgan fingerprint density at radius 3 is 2.75 bits per heavy atom. The number of aryl methyl sites for hydroxylation is 1. The maximum Gasteiger partial charge on any atom is 0.435 e. The molecule has 6 nitrogen and oxygen atoms in total. The van der Waals surface area contributed by atoms with Gasteiger partial charge in [0.05, 0.1) is 6.10 Å². The van der Waals surface area contributed by atoms with Crippen LogP contribution < -0.4 is 5.32 Å². The van der Waals surface area contributed by atoms with Gasteiger partial charge in [-0.05, 0) is 12.8 Å². The predicted octanol–water partition coefficient (Wildman–Crippen LogP) is 2.13. The maximum absolute atomic E-state index is 12.9. The molecule has 0 radical (unpaired) electrons. The molecule has 2 amide bonds. The van der Waals surface area contributed by atoms with E-state index in [1.54, 1.807) is 7.05 Å². The van der Waals surface area contributed by atoms with Crippen LogP contribution in [0.2, 0.25) is 0 Å². The lowest BCUT2D eigenvalue weighted by molar-refractivity contribution is -0.142. The number of urea groups is 1. The largest absolute Gasteiger partial charge is 0.435 e. The molecule has 1 saturated carbocycles. The van der Waals surface area contributed by atoms with Gasteiger partial charge < -0.3 is 15.3 Å². The Kier molecular flexibility index (Phi) is 5.74. The molecule has 2 N–H and O–H groups in total. The fourth-order valence-electron chi connectivity index (χ4n) is 3.05. The molecule has 0 bridgehead atoms. The maximum atomic E-state index is 12.9. The minimum Gasteiger partial charge on any atom is -0.393 e. The van der Waals surface area contributed by atoms with Crippen LogP contribution in [0, 0.1) is 5.92 Å². The highest BCUT2D eigenvalue weighted by Gasteiger charge is 2.37. The molecule has 2 atom stereocenters.